The molecule has 1 aliphatic heterocycles. The Kier molecular flexibility index (Phi) is 4.59. The molecule has 6 fully saturated rings. The molecular weight excluding hydrogens is 470 g/mol. The molecule has 9 heteroatoms. The number of nitrogens with zero attached hydrogens (tertiary/aromatic N) is 1. The monoisotopic (exact) mass is 499 g/mol. The Morgan fingerprint density at radius 3 is 2.57 bits per heavy atom. The molecule has 0 amide bonds. The minimum absolute atomic E-state index is 0.0696. The molecule has 0 radical (unpaired) electrons. The molecular formula is C26H29NO7S. The number of nitro groups is 1. The molecule has 7 atom stereocenters. The van der Waals surface area contributed by atoms with Gasteiger partial charge in [0.15, 0.2) is 15.6 Å². The van der Waals surface area contributed by atoms with E-state index >= 15 is 0 Å². The second-order valence-corrected chi connectivity index (χ2v) is 13.7. The van der Waals surface area contributed by atoms with Crippen molar-refractivity contribution in [2.24, 2.45) is 34.0 Å². The Hall–Kier alpha value is -2.55. The van der Waals surface area contributed by atoms with Crippen LogP contribution in [0.1, 0.15) is 51.9 Å². The molecule has 1 spiro atoms. The number of fused-ring (bicyclic) bond motifs is 2. The van der Waals surface area contributed by atoms with Gasteiger partial charge in [0, 0.05) is 11.5 Å². The van der Waals surface area contributed by atoms with Gasteiger partial charge in [-0.05, 0) is 67.9 Å². The largest absolute Gasteiger partial charge is 0.465 e. The topological polar surface area (TPSA) is 121 Å². The second kappa shape index (κ2) is 7.02. The number of benzene rings is 1. The zero-order chi connectivity index (χ0) is 25.0. The van der Waals surface area contributed by atoms with Gasteiger partial charge >= 0.3 is 5.97 Å². The van der Waals surface area contributed by atoms with Gasteiger partial charge < -0.3 is 4.74 Å². The van der Waals surface area contributed by atoms with Crippen LogP contribution in [0.25, 0.3) is 0 Å². The van der Waals surface area contributed by atoms with Gasteiger partial charge in [-0.1, -0.05) is 32.1 Å². The van der Waals surface area contributed by atoms with Gasteiger partial charge in [0.2, 0.25) is 0 Å². The summed E-state index contributed by atoms with van der Waals surface area (Å²) in [4.78, 5) is 38.4. The third-order valence-corrected chi connectivity index (χ3v) is 12.7. The van der Waals surface area contributed by atoms with Crippen molar-refractivity contribution in [3.05, 3.63) is 46.5 Å². The SMILES string of the molecule is C=C1C(=O)C23CC[C@H]1CC2[C@@]12CCC[C@@](C)(COC1=O)C2C[C@@H]3S(=O)(=O)c1ccccc1[N+](=O)[O-]. The zero-order valence-corrected chi connectivity index (χ0v) is 20.5. The summed E-state index contributed by atoms with van der Waals surface area (Å²) in [5.41, 5.74) is -2.64. The van der Waals surface area contributed by atoms with E-state index in [-0.39, 0.29) is 46.9 Å². The summed E-state index contributed by atoms with van der Waals surface area (Å²) in [6.45, 7) is 6.34. The first-order chi connectivity index (χ1) is 16.5. The van der Waals surface area contributed by atoms with Crippen molar-refractivity contribution in [2.45, 2.75) is 62.0 Å². The van der Waals surface area contributed by atoms with E-state index in [1.54, 1.807) is 0 Å². The van der Waals surface area contributed by atoms with Crippen molar-refractivity contribution in [3.63, 3.8) is 0 Å². The predicted molar refractivity (Wildman–Crippen MR) is 125 cm³/mol. The quantitative estimate of drug-likeness (QED) is 0.266. The lowest BCUT2D eigenvalue weighted by Gasteiger charge is -2.69. The lowest BCUT2D eigenvalue weighted by Crippen LogP contribution is -2.73. The molecule has 35 heavy (non-hydrogen) atoms. The van der Waals surface area contributed by atoms with E-state index < -0.39 is 42.4 Å². The van der Waals surface area contributed by atoms with Crippen LogP contribution in [-0.2, 0) is 24.2 Å². The first-order valence-electron chi connectivity index (χ1n) is 12.4. The predicted octanol–water partition coefficient (Wildman–Crippen LogP) is 4.03. The Labute approximate surface area is 204 Å². The minimum atomic E-state index is -4.30. The number of Topliss-reactive ketones (excluding diaryl/α,β-unsaturated/α-hetero) is 1. The molecule has 186 valence electrons. The molecule has 0 N–H and O–H groups in total. The lowest BCUT2D eigenvalue weighted by atomic mass is 9.35. The zero-order valence-electron chi connectivity index (χ0n) is 19.7. The highest BCUT2D eigenvalue weighted by Crippen LogP contribution is 2.73. The van der Waals surface area contributed by atoms with Gasteiger partial charge in [0.25, 0.3) is 5.69 Å². The highest BCUT2D eigenvalue weighted by Gasteiger charge is 2.77. The highest BCUT2D eigenvalue weighted by molar-refractivity contribution is 7.92. The molecule has 1 heterocycles. The van der Waals surface area contributed by atoms with Crippen molar-refractivity contribution in [2.75, 3.05) is 6.61 Å². The number of esters is 1. The number of rotatable bonds is 3. The number of hydrogen-bond acceptors (Lipinski definition) is 7. The maximum absolute atomic E-state index is 14.4. The van der Waals surface area contributed by atoms with Crippen molar-refractivity contribution in [1.82, 2.24) is 0 Å². The standard InChI is InChI=1S/C26H29NO7S/c1-15-16-8-11-26(22(15)28)20(12-16)25-10-5-9-24(2,14-34-23(25)29)19(25)13-21(26)35(32,33)18-7-4-3-6-17(18)27(30)31/h3-4,6-7,16,19-21H,1,5,8-14H2,2H3/t16-,19?,20?,21-,24-,25-,26?/m0/s1. The number of cyclic esters (lactones) is 1. The van der Waals surface area contributed by atoms with Crippen molar-refractivity contribution < 1.29 is 27.7 Å². The van der Waals surface area contributed by atoms with Gasteiger partial charge in [-0.25, -0.2) is 8.42 Å². The second-order valence-electron chi connectivity index (χ2n) is 11.6. The fraction of sp³-hybridized carbons (Fsp3) is 0.615. The van der Waals surface area contributed by atoms with Gasteiger partial charge in [0.1, 0.15) is 4.90 Å². The van der Waals surface area contributed by atoms with Gasteiger partial charge in [0.05, 0.1) is 27.6 Å². The lowest BCUT2D eigenvalue weighted by molar-refractivity contribution is -0.387. The number of allylic oxidation sites excluding steroid dienone is 1. The van der Waals surface area contributed by atoms with Crippen LogP contribution in [0.15, 0.2) is 41.3 Å². The van der Waals surface area contributed by atoms with Crippen LogP contribution in [0.4, 0.5) is 5.69 Å². The molecule has 4 bridgehead atoms. The van der Waals surface area contributed by atoms with E-state index in [1.165, 1.54) is 24.3 Å². The summed E-state index contributed by atoms with van der Waals surface area (Å²) in [7, 11) is -4.30. The molecule has 6 aliphatic rings. The van der Waals surface area contributed by atoms with Crippen molar-refractivity contribution in [3.8, 4) is 0 Å². The van der Waals surface area contributed by atoms with Crippen LogP contribution in [0.5, 0.6) is 0 Å². The van der Waals surface area contributed by atoms with Crippen LogP contribution in [-0.4, -0.2) is 37.0 Å². The minimum Gasteiger partial charge on any atom is -0.465 e. The molecule has 7 rings (SSSR count). The Bertz CT molecular complexity index is 1300. The summed E-state index contributed by atoms with van der Waals surface area (Å²) in [5, 5.41) is 10.6. The summed E-state index contributed by atoms with van der Waals surface area (Å²) in [6.07, 6.45) is 3.88. The van der Waals surface area contributed by atoms with Gasteiger partial charge in [-0.15, -0.1) is 0 Å². The molecule has 5 aliphatic carbocycles. The van der Waals surface area contributed by atoms with E-state index in [0.717, 1.165) is 12.8 Å². The van der Waals surface area contributed by atoms with Gasteiger partial charge in [-0.2, -0.15) is 0 Å². The van der Waals surface area contributed by atoms with E-state index in [2.05, 4.69) is 13.5 Å². The van der Waals surface area contributed by atoms with E-state index in [4.69, 9.17) is 4.74 Å². The van der Waals surface area contributed by atoms with Crippen molar-refractivity contribution >= 4 is 27.3 Å². The van der Waals surface area contributed by atoms with Crippen molar-refractivity contribution in [1.29, 1.82) is 0 Å². The average molecular weight is 500 g/mol. The molecule has 1 aromatic carbocycles. The van der Waals surface area contributed by atoms with Gasteiger partial charge in [-0.3, -0.25) is 19.7 Å². The maximum atomic E-state index is 14.4. The van der Waals surface area contributed by atoms with Crippen LogP contribution >= 0.6 is 0 Å². The molecule has 8 nitrogen and oxygen atoms in total. The number of ketones is 1. The van der Waals surface area contributed by atoms with Crippen LogP contribution in [0.2, 0.25) is 0 Å². The molecule has 3 unspecified atom stereocenters. The Balaban J connectivity index is 1.61. The summed E-state index contributed by atoms with van der Waals surface area (Å²) in [5.74, 6) is -1.36. The summed E-state index contributed by atoms with van der Waals surface area (Å²) >= 11 is 0. The fourth-order valence-corrected chi connectivity index (χ4v) is 11.3. The number of nitro benzene ring substituents is 1. The number of sulfone groups is 1. The smallest absolute Gasteiger partial charge is 0.312 e. The first kappa shape index (κ1) is 22.9. The van der Waals surface area contributed by atoms with E-state index in [0.29, 0.717) is 31.3 Å². The Morgan fingerprint density at radius 1 is 1.09 bits per heavy atom. The van der Waals surface area contributed by atoms with Crippen LogP contribution in [0, 0.1) is 44.1 Å². The number of carbonyl (C=O) groups excluding carboxylic acids is 2. The number of carbonyl (C=O) groups is 2. The third kappa shape index (κ3) is 2.60. The maximum Gasteiger partial charge on any atom is 0.312 e. The molecule has 1 saturated heterocycles. The fourth-order valence-electron chi connectivity index (χ4n) is 8.89. The van der Waals surface area contributed by atoms with Crippen LogP contribution in [0.3, 0.4) is 0 Å². The summed E-state index contributed by atoms with van der Waals surface area (Å²) in [6, 6.07) is 5.38. The van der Waals surface area contributed by atoms with E-state index in [9.17, 15) is 28.1 Å². The number of ether oxygens (including phenoxy) is 1. The average Bonchev–Trinajstić information content (AvgIpc) is 2.84. The normalized spacial score (nSPS) is 42.1. The first-order valence-corrected chi connectivity index (χ1v) is 13.9. The summed E-state index contributed by atoms with van der Waals surface area (Å²) < 4.78 is 34.5. The molecule has 5 saturated carbocycles. The van der Waals surface area contributed by atoms with Crippen LogP contribution < -0.4 is 0 Å². The number of hydrogen-bond donors (Lipinski definition) is 0. The van der Waals surface area contributed by atoms with E-state index in [1.807, 2.05) is 0 Å². The molecule has 0 aromatic heterocycles. The number of para-hydroxylation sites is 1. The highest BCUT2D eigenvalue weighted by atomic mass is 32.2. The Morgan fingerprint density at radius 2 is 1.83 bits per heavy atom. The molecule has 1 aromatic rings. The third-order valence-electron chi connectivity index (χ3n) is 10.4.